The smallest absolute Gasteiger partial charge is 0.337 e. The molecule has 0 bridgehead atoms. The molecule has 1 N–H and O–H groups in total. The highest BCUT2D eigenvalue weighted by molar-refractivity contribution is 7.12. The van der Waals surface area contributed by atoms with Crippen molar-refractivity contribution in [3.63, 3.8) is 0 Å². The third kappa shape index (κ3) is 4.42. The second kappa shape index (κ2) is 8.26. The van der Waals surface area contributed by atoms with Crippen LogP contribution in [0.5, 0.6) is 0 Å². The molecule has 0 unspecified atom stereocenters. The number of benzene rings is 1. The first-order valence-electron chi connectivity index (χ1n) is 7.17. The minimum Gasteiger partial charge on any atom is -0.465 e. The van der Waals surface area contributed by atoms with E-state index in [1.165, 1.54) is 31.6 Å². The number of methoxy groups -OCH3 is 2. The van der Waals surface area contributed by atoms with Crippen LogP contribution in [0.2, 0.25) is 0 Å². The molecule has 1 aromatic carbocycles. The monoisotopic (exact) mass is 347 g/mol. The van der Waals surface area contributed by atoms with E-state index in [1.807, 2.05) is 11.4 Å². The normalized spacial score (nSPS) is 10.1. The van der Waals surface area contributed by atoms with Crippen LogP contribution in [0.15, 0.2) is 35.7 Å². The zero-order chi connectivity index (χ0) is 17.5. The molecular formula is C17H17NO5S. The van der Waals surface area contributed by atoms with Crippen molar-refractivity contribution in [2.24, 2.45) is 0 Å². The lowest BCUT2D eigenvalue weighted by Gasteiger charge is -2.10. The minimum absolute atomic E-state index is 0.0369. The van der Waals surface area contributed by atoms with E-state index in [4.69, 9.17) is 0 Å². The van der Waals surface area contributed by atoms with Gasteiger partial charge in [0.2, 0.25) is 0 Å². The summed E-state index contributed by atoms with van der Waals surface area (Å²) in [5.41, 5.74) is 0.997. The number of ether oxygens (including phenoxy) is 2. The standard InChI is InChI=1S/C17H17NO5S/c1-22-16(20)11-8-12(17(21)23-2)10-13(9-11)18-6-5-14(19)15-4-3-7-24-15/h3-4,7-10,18H,5-6H2,1-2H3. The van der Waals surface area contributed by atoms with E-state index in [1.54, 1.807) is 18.2 Å². The maximum atomic E-state index is 12.0. The SMILES string of the molecule is COC(=O)c1cc(NCCC(=O)c2cccs2)cc(C(=O)OC)c1. The Hall–Kier alpha value is -2.67. The number of anilines is 1. The molecule has 24 heavy (non-hydrogen) atoms. The van der Waals surface area contributed by atoms with Gasteiger partial charge in [0.15, 0.2) is 5.78 Å². The molecular weight excluding hydrogens is 330 g/mol. The molecule has 0 atom stereocenters. The number of thiophene rings is 1. The van der Waals surface area contributed by atoms with E-state index >= 15 is 0 Å². The summed E-state index contributed by atoms with van der Waals surface area (Å²) in [6.45, 7) is 0.377. The van der Waals surface area contributed by atoms with Gasteiger partial charge >= 0.3 is 11.9 Å². The van der Waals surface area contributed by atoms with Crippen LogP contribution in [0.1, 0.15) is 36.8 Å². The number of rotatable bonds is 7. The van der Waals surface area contributed by atoms with Crippen LogP contribution < -0.4 is 5.32 Å². The number of carbonyl (C=O) groups is 3. The van der Waals surface area contributed by atoms with Crippen LogP contribution in [-0.4, -0.2) is 38.5 Å². The summed E-state index contributed by atoms with van der Waals surface area (Å²) < 4.78 is 9.36. The number of hydrogen-bond acceptors (Lipinski definition) is 7. The molecule has 6 nitrogen and oxygen atoms in total. The molecule has 1 heterocycles. The second-order valence-corrected chi connectivity index (χ2v) is 5.81. The molecule has 0 saturated heterocycles. The minimum atomic E-state index is -0.557. The number of nitrogens with one attached hydrogen (secondary N) is 1. The number of ketones is 1. The van der Waals surface area contributed by atoms with Crippen LogP contribution in [0, 0.1) is 0 Å². The largest absolute Gasteiger partial charge is 0.465 e. The van der Waals surface area contributed by atoms with Crippen molar-refractivity contribution < 1.29 is 23.9 Å². The number of esters is 2. The van der Waals surface area contributed by atoms with Crippen LogP contribution in [0.3, 0.4) is 0 Å². The highest BCUT2D eigenvalue weighted by atomic mass is 32.1. The Balaban J connectivity index is 2.09. The lowest BCUT2D eigenvalue weighted by Crippen LogP contribution is -2.11. The maximum absolute atomic E-state index is 12.0. The highest BCUT2D eigenvalue weighted by Gasteiger charge is 2.14. The van der Waals surface area contributed by atoms with Gasteiger partial charge in [-0.1, -0.05) is 6.07 Å². The maximum Gasteiger partial charge on any atom is 0.337 e. The van der Waals surface area contributed by atoms with Gasteiger partial charge in [-0.25, -0.2) is 9.59 Å². The quantitative estimate of drug-likeness (QED) is 0.612. The predicted octanol–water partition coefficient (Wildman–Crippen LogP) is 3.01. The average Bonchev–Trinajstić information content (AvgIpc) is 3.14. The Morgan fingerprint density at radius 3 is 2.17 bits per heavy atom. The van der Waals surface area contributed by atoms with Crippen molar-refractivity contribution in [3.8, 4) is 0 Å². The summed E-state index contributed by atoms with van der Waals surface area (Å²) in [5.74, 6) is -1.08. The van der Waals surface area contributed by atoms with Crippen molar-refractivity contribution in [1.82, 2.24) is 0 Å². The van der Waals surface area contributed by atoms with Crippen LogP contribution >= 0.6 is 11.3 Å². The fourth-order valence-electron chi connectivity index (χ4n) is 2.08. The lowest BCUT2D eigenvalue weighted by molar-refractivity contribution is 0.0599. The van der Waals surface area contributed by atoms with Gasteiger partial charge in [0.25, 0.3) is 0 Å². The van der Waals surface area contributed by atoms with Gasteiger partial charge in [0.05, 0.1) is 30.2 Å². The molecule has 0 radical (unpaired) electrons. The molecule has 1 aromatic heterocycles. The Morgan fingerprint density at radius 2 is 1.67 bits per heavy atom. The zero-order valence-corrected chi connectivity index (χ0v) is 14.1. The van der Waals surface area contributed by atoms with Gasteiger partial charge in [-0.2, -0.15) is 0 Å². The molecule has 0 fully saturated rings. The molecule has 2 aromatic rings. The van der Waals surface area contributed by atoms with E-state index in [0.29, 0.717) is 23.5 Å². The molecule has 2 rings (SSSR count). The summed E-state index contributed by atoms with van der Waals surface area (Å²) in [7, 11) is 2.53. The molecule has 0 aliphatic rings. The van der Waals surface area contributed by atoms with Gasteiger partial charge in [-0.15, -0.1) is 11.3 Å². The third-order valence-electron chi connectivity index (χ3n) is 3.25. The summed E-state index contributed by atoms with van der Waals surface area (Å²) in [6, 6.07) is 8.13. The second-order valence-electron chi connectivity index (χ2n) is 4.86. The van der Waals surface area contributed by atoms with Crippen molar-refractivity contribution >= 4 is 34.7 Å². The summed E-state index contributed by atoms with van der Waals surface area (Å²) in [4.78, 5) is 36.1. The van der Waals surface area contributed by atoms with Gasteiger partial charge < -0.3 is 14.8 Å². The zero-order valence-electron chi connectivity index (χ0n) is 13.3. The Bertz CT molecular complexity index is 705. The fourth-order valence-corrected chi connectivity index (χ4v) is 2.78. The van der Waals surface area contributed by atoms with Crippen molar-refractivity contribution in [3.05, 3.63) is 51.7 Å². The first kappa shape index (κ1) is 17.7. The Labute approximate surface area is 143 Å². The molecule has 0 saturated carbocycles. The molecule has 0 amide bonds. The van der Waals surface area contributed by atoms with Crippen molar-refractivity contribution in [2.45, 2.75) is 6.42 Å². The molecule has 126 valence electrons. The topological polar surface area (TPSA) is 81.7 Å². The molecule has 7 heteroatoms. The number of Topliss-reactive ketones (excluding diaryl/α,β-unsaturated/α-hetero) is 1. The fraction of sp³-hybridized carbons (Fsp3) is 0.235. The first-order chi connectivity index (χ1) is 11.5. The van der Waals surface area contributed by atoms with E-state index in [9.17, 15) is 14.4 Å². The van der Waals surface area contributed by atoms with Crippen LogP contribution in [0.25, 0.3) is 0 Å². The van der Waals surface area contributed by atoms with Crippen molar-refractivity contribution in [1.29, 1.82) is 0 Å². The Morgan fingerprint density at radius 1 is 1.04 bits per heavy atom. The summed E-state index contributed by atoms with van der Waals surface area (Å²) in [6.07, 6.45) is 0.302. The highest BCUT2D eigenvalue weighted by Crippen LogP contribution is 2.18. The van der Waals surface area contributed by atoms with Crippen LogP contribution in [-0.2, 0) is 9.47 Å². The van der Waals surface area contributed by atoms with Gasteiger partial charge in [-0.05, 0) is 29.6 Å². The third-order valence-corrected chi connectivity index (χ3v) is 4.16. The number of hydrogen-bond donors (Lipinski definition) is 1. The average molecular weight is 347 g/mol. The Kier molecular flexibility index (Phi) is 6.08. The van der Waals surface area contributed by atoms with Gasteiger partial charge in [0.1, 0.15) is 0 Å². The first-order valence-corrected chi connectivity index (χ1v) is 8.05. The molecule has 0 aliphatic heterocycles. The predicted molar refractivity (Wildman–Crippen MR) is 90.9 cm³/mol. The van der Waals surface area contributed by atoms with E-state index < -0.39 is 11.9 Å². The van der Waals surface area contributed by atoms with E-state index in [-0.39, 0.29) is 16.9 Å². The molecule has 0 spiro atoms. The summed E-state index contributed by atoms with van der Waals surface area (Å²) in [5, 5.41) is 4.89. The van der Waals surface area contributed by atoms with Crippen LogP contribution in [0.4, 0.5) is 5.69 Å². The molecule has 0 aliphatic carbocycles. The van der Waals surface area contributed by atoms with E-state index in [0.717, 1.165) is 0 Å². The number of carbonyl (C=O) groups excluding carboxylic acids is 3. The van der Waals surface area contributed by atoms with Gasteiger partial charge in [0, 0.05) is 18.7 Å². The lowest BCUT2D eigenvalue weighted by atomic mass is 10.1. The van der Waals surface area contributed by atoms with Gasteiger partial charge in [-0.3, -0.25) is 4.79 Å². The van der Waals surface area contributed by atoms with E-state index in [2.05, 4.69) is 14.8 Å². The summed E-state index contributed by atoms with van der Waals surface area (Å²) >= 11 is 1.40. The van der Waals surface area contributed by atoms with Crippen molar-refractivity contribution in [2.75, 3.05) is 26.1 Å².